The van der Waals surface area contributed by atoms with E-state index in [9.17, 15) is 8.42 Å². The third-order valence-electron chi connectivity index (χ3n) is 4.50. The van der Waals surface area contributed by atoms with Gasteiger partial charge in [-0.1, -0.05) is 30.3 Å². The van der Waals surface area contributed by atoms with Crippen LogP contribution in [0.15, 0.2) is 59.5 Å². The summed E-state index contributed by atoms with van der Waals surface area (Å²) >= 11 is 0. The topological polar surface area (TPSA) is 58.6 Å². The molecule has 1 atom stereocenters. The molecule has 1 aliphatic rings. The highest BCUT2D eigenvalue weighted by Crippen LogP contribution is 2.23. The van der Waals surface area contributed by atoms with Crippen molar-refractivity contribution in [3.8, 4) is 5.75 Å². The van der Waals surface area contributed by atoms with Crippen molar-refractivity contribution < 1.29 is 13.2 Å². The van der Waals surface area contributed by atoms with Crippen molar-refractivity contribution >= 4 is 22.4 Å². The molecule has 0 saturated carbocycles. The first-order valence-corrected chi connectivity index (χ1v) is 9.98. The number of nitrogens with zero attached hydrogens (tertiary/aromatic N) is 1. The molecule has 26 heavy (non-hydrogen) atoms. The SMILES string of the molecule is CNC1CCCN(S(=O)(=O)c2ccc(OCc3ccccc3)cc2)C1.Cl. The number of hydrogen-bond acceptors (Lipinski definition) is 4. The van der Waals surface area contributed by atoms with E-state index in [0.717, 1.165) is 18.4 Å². The number of benzene rings is 2. The molecule has 1 heterocycles. The van der Waals surface area contributed by atoms with Crippen molar-refractivity contribution in [3.63, 3.8) is 0 Å². The Balaban J connectivity index is 0.00000243. The molecule has 1 unspecified atom stereocenters. The predicted octanol–water partition coefficient (Wildman–Crippen LogP) is 3.06. The first-order chi connectivity index (χ1) is 12.1. The third kappa shape index (κ3) is 4.98. The van der Waals surface area contributed by atoms with E-state index < -0.39 is 10.0 Å². The summed E-state index contributed by atoms with van der Waals surface area (Å²) < 4.78 is 32.9. The molecular weight excluding hydrogens is 372 g/mol. The molecule has 0 bridgehead atoms. The minimum Gasteiger partial charge on any atom is -0.489 e. The lowest BCUT2D eigenvalue weighted by molar-refractivity contribution is 0.292. The van der Waals surface area contributed by atoms with Gasteiger partial charge in [-0.05, 0) is 49.7 Å². The fourth-order valence-corrected chi connectivity index (χ4v) is 4.52. The van der Waals surface area contributed by atoms with Crippen LogP contribution in [0.1, 0.15) is 18.4 Å². The Morgan fingerprint density at radius 2 is 1.81 bits per heavy atom. The molecule has 1 saturated heterocycles. The second kappa shape index (κ2) is 9.37. The summed E-state index contributed by atoms with van der Waals surface area (Å²) in [5, 5.41) is 3.17. The molecule has 0 spiro atoms. The molecule has 0 aliphatic carbocycles. The van der Waals surface area contributed by atoms with Crippen LogP contribution in [-0.2, 0) is 16.6 Å². The molecule has 3 rings (SSSR count). The van der Waals surface area contributed by atoms with Gasteiger partial charge in [-0.25, -0.2) is 8.42 Å². The van der Waals surface area contributed by atoms with Crippen LogP contribution in [0.2, 0.25) is 0 Å². The number of piperidine rings is 1. The number of hydrogen-bond donors (Lipinski definition) is 1. The Morgan fingerprint density at radius 3 is 2.46 bits per heavy atom. The zero-order valence-electron chi connectivity index (χ0n) is 14.8. The van der Waals surface area contributed by atoms with Gasteiger partial charge in [0, 0.05) is 19.1 Å². The van der Waals surface area contributed by atoms with Gasteiger partial charge in [0.25, 0.3) is 0 Å². The monoisotopic (exact) mass is 396 g/mol. The van der Waals surface area contributed by atoms with E-state index >= 15 is 0 Å². The van der Waals surface area contributed by atoms with Crippen LogP contribution in [0.3, 0.4) is 0 Å². The molecule has 1 N–H and O–H groups in total. The lowest BCUT2D eigenvalue weighted by Gasteiger charge is -2.31. The Morgan fingerprint density at radius 1 is 1.12 bits per heavy atom. The summed E-state index contributed by atoms with van der Waals surface area (Å²) in [5.41, 5.74) is 1.07. The highest BCUT2D eigenvalue weighted by atomic mass is 35.5. The maximum absolute atomic E-state index is 12.8. The number of ether oxygens (including phenoxy) is 1. The maximum atomic E-state index is 12.8. The second-order valence-corrected chi connectivity index (χ2v) is 8.17. The first kappa shape index (κ1) is 20.7. The van der Waals surface area contributed by atoms with Crippen molar-refractivity contribution in [3.05, 3.63) is 60.2 Å². The van der Waals surface area contributed by atoms with Crippen LogP contribution < -0.4 is 10.1 Å². The van der Waals surface area contributed by atoms with Crippen LogP contribution in [0.4, 0.5) is 0 Å². The molecule has 0 radical (unpaired) electrons. The summed E-state index contributed by atoms with van der Waals surface area (Å²) in [7, 11) is -1.58. The van der Waals surface area contributed by atoms with E-state index in [1.807, 2.05) is 37.4 Å². The van der Waals surface area contributed by atoms with Crippen molar-refractivity contribution in [1.29, 1.82) is 0 Å². The Hall–Kier alpha value is -1.60. The van der Waals surface area contributed by atoms with E-state index in [0.29, 0.717) is 30.3 Å². The molecule has 5 nitrogen and oxygen atoms in total. The number of nitrogens with one attached hydrogen (secondary N) is 1. The van der Waals surface area contributed by atoms with Crippen LogP contribution in [0.25, 0.3) is 0 Å². The summed E-state index contributed by atoms with van der Waals surface area (Å²) in [6.07, 6.45) is 1.89. The Kier molecular flexibility index (Phi) is 7.46. The van der Waals surface area contributed by atoms with Gasteiger partial charge in [0.05, 0.1) is 4.90 Å². The zero-order valence-corrected chi connectivity index (χ0v) is 16.4. The molecule has 142 valence electrons. The lowest BCUT2D eigenvalue weighted by Crippen LogP contribution is -2.46. The highest BCUT2D eigenvalue weighted by Gasteiger charge is 2.29. The minimum absolute atomic E-state index is 0. The molecule has 7 heteroatoms. The molecule has 1 fully saturated rings. The fraction of sp³-hybridized carbons (Fsp3) is 0.368. The summed E-state index contributed by atoms with van der Waals surface area (Å²) in [4.78, 5) is 0.316. The molecule has 0 aromatic heterocycles. The Labute approximate surface area is 161 Å². The number of likely N-dealkylation sites (N-methyl/N-ethyl adjacent to an activating group) is 1. The minimum atomic E-state index is -3.45. The summed E-state index contributed by atoms with van der Waals surface area (Å²) in [6.45, 7) is 1.56. The van der Waals surface area contributed by atoms with Gasteiger partial charge in [-0.2, -0.15) is 4.31 Å². The van der Waals surface area contributed by atoms with Crippen molar-refractivity contribution in [2.45, 2.75) is 30.4 Å². The van der Waals surface area contributed by atoms with E-state index in [1.54, 1.807) is 28.6 Å². The lowest BCUT2D eigenvalue weighted by atomic mass is 10.1. The average Bonchev–Trinajstić information content (AvgIpc) is 2.67. The second-order valence-electron chi connectivity index (χ2n) is 6.24. The van der Waals surface area contributed by atoms with Crippen LogP contribution in [-0.4, -0.2) is 38.9 Å². The number of halogens is 1. The smallest absolute Gasteiger partial charge is 0.243 e. The highest BCUT2D eigenvalue weighted by molar-refractivity contribution is 7.89. The van der Waals surface area contributed by atoms with Gasteiger partial charge in [0.1, 0.15) is 12.4 Å². The van der Waals surface area contributed by atoms with Crippen molar-refractivity contribution in [2.24, 2.45) is 0 Å². The standard InChI is InChI=1S/C19H24N2O3S.ClH/c1-20-17-8-5-13-21(14-17)25(22,23)19-11-9-18(10-12-19)24-15-16-6-3-2-4-7-16;/h2-4,6-7,9-12,17,20H,5,8,13-15H2,1H3;1H. The van der Waals surface area contributed by atoms with Crippen LogP contribution in [0.5, 0.6) is 5.75 Å². The third-order valence-corrected chi connectivity index (χ3v) is 6.38. The fourth-order valence-electron chi connectivity index (χ4n) is 2.99. The zero-order chi connectivity index (χ0) is 17.7. The van der Waals surface area contributed by atoms with Crippen LogP contribution in [0, 0.1) is 0 Å². The van der Waals surface area contributed by atoms with E-state index in [1.165, 1.54) is 0 Å². The molecular formula is C19H25ClN2O3S. The van der Waals surface area contributed by atoms with E-state index in [-0.39, 0.29) is 18.4 Å². The molecule has 1 aliphatic heterocycles. The quantitative estimate of drug-likeness (QED) is 0.815. The first-order valence-electron chi connectivity index (χ1n) is 8.54. The van der Waals surface area contributed by atoms with Gasteiger partial charge < -0.3 is 10.1 Å². The number of rotatable bonds is 6. The van der Waals surface area contributed by atoms with Gasteiger partial charge in [-0.15, -0.1) is 12.4 Å². The summed E-state index contributed by atoms with van der Waals surface area (Å²) in [5.74, 6) is 0.662. The molecule has 0 amide bonds. The summed E-state index contributed by atoms with van der Waals surface area (Å²) in [6, 6.07) is 16.8. The normalized spacial score (nSPS) is 18.1. The van der Waals surface area contributed by atoms with E-state index in [4.69, 9.17) is 4.74 Å². The largest absolute Gasteiger partial charge is 0.489 e. The van der Waals surface area contributed by atoms with Crippen molar-refractivity contribution in [1.82, 2.24) is 9.62 Å². The van der Waals surface area contributed by atoms with Crippen LogP contribution >= 0.6 is 12.4 Å². The van der Waals surface area contributed by atoms with E-state index in [2.05, 4.69) is 5.32 Å². The molecule has 2 aromatic rings. The Bertz CT molecular complexity index is 782. The maximum Gasteiger partial charge on any atom is 0.243 e. The predicted molar refractivity (Wildman–Crippen MR) is 105 cm³/mol. The van der Waals surface area contributed by atoms with Gasteiger partial charge in [0.2, 0.25) is 10.0 Å². The number of sulfonamides is 1. The van der Waals surface area contributed by atoms with Crippen molar-refractivity contribution in [2.75, 3.05) is 20.1 Å². The van der Waals surface area contributed by atoms with Gasteiger partial charge >= 0.3 is 0 Å². The average molecular weight is 397 g/mol. The van der Waals surface area contributed by atoms with Gasteiger partial charge in [-0.3, -0.25) is 0 Å². The molecule has 2 aromatic carbocycles. The van der Waals surface area contributed by atoms with Gasteiger partial charge in [0.15, 0.2) is 0 Å².